The topological polar surface area (TPSA) is 65.5 Å². The van der Waals surface area contributed by atoms with Gasteiger partial charge in [0.05, 0.1) is 11.3 Å². The fourth-order valence-electron chi connectivity index (χ4n) is 3.61. The van der Waals surface area contributed by atoms with E-state index in [0.717, 1.165) is 24.5 Å². The molecule has 0 atom stereocenters. The first-order valence-electron chi connectivity index (χ1n) is 10.0. The molecule has 0 radical (unpaired) electrons. The Labute approximate surface area is 176 Å². The maximum Gasteiger partial charge on any atom is 0.256 e. The Morgan fingerprint density at radius 3 is 2.40 bits per heavy atom. The number of aromatic nitrogens is 1. The van der Waals surface area contributed by atoms with Crippen molar-refractivity contribution in [3.63, 3.8) is 0 Å². The Balaban J connectivity index is 1.46. The maximum atomic E-state index is 13.2. The van der Waals surface area contributed by atoms with Crippen LogP contribution < -0.4 is 10.2 Å². The summed E-state index contributed by atoms with van der Waals surface area (Å²) in [6.07, 6.45) is 1.78. The largest absolute Gasteiger partial charge is 0.353 e. The van der Waals surface area contributed by atoms with E-state index in [1.165, 1.54) is 0 Å². The van der Waals surface area contributed by atoms with Gasteiger partial charge >= 0.3 is 0 Å². The first-order valence-corrected chi connectivity index (χ1v) is 10.0. The Hall–Kier alpha value is -3.67. The lowest BCUT2D eigenvalue weighted by atomic mass is 10.1. The number of anilines is 2. The SMILES string of the molecule is Cc1cccc(C(=O)Nc2ccccc2C(=O)N2CCN(c3ccccn3)CC2)c1. The highest BCUT2D eigenvalue weighted by Crippen LogP contribution is 2.21. The molecule has 1 aromatic heterocycles. The highest BCUT2D eigenvalue weighted by molar-refractivity contribution is 6.09. The minimum Gasteiger partial charge on any atom is -0.353 e. The molecule has 3 aromatic rings. The van der Waals surface area contributed by atoms with Crippen LogP contribution in [0.4, 0.5) is 11.5 Å². The van der Waals surface area contributed by atoms with Crippen molar-refractivity contribution >= 4 is 23.3 Å². The number of carbonyl (C=O) groups excluding carboxylic acids is 2. The van der Waals surface area contributed by atoms with Crippen molar-refractivity contribution < 1.29 is 9.59 Å². The van der Waals surface area contributed by atoms with Gasteiger partial charge in [-0.15, -0.1) is 0 Å². The molecule has 6 nitrogen and oxygen atoms in total. The molecule has 2 heterocycles. The van der Waals surface area contributed by atoms with Gasteiger partial charge in [0, 0.05) is 37.9 Å². The molecule has 1 saturated heterocycles. The highest BCUT2D eigenvalue weighted by atomic mass is 16.2. The van der Waals surface area contributed by atoms with Gasteiger partial charge in [-0.3, -0.25) is 9.59 Å². The van der Waals surface area contributed by atoms with Crippen molar-refractivity contribution in [2.24, 2.45) is 0 Å². The normalized spacial score (nSPS) is 13.8. The number of aryl methyl sites for hydroxylation is 1. The van der Waals surface area contributed by atoms with Crippen LogP contribution in [0.1, 0.15) is 26.3 Å². The number of carbonyl (C=O) groups is 2. The zero-order valence-corrected chi connectivity index (χ0v) is 16.9. The summed E-state index contributed by atoms with van der Waals surface area (Å²) in [6, 6.07) is 20.4. The molecular weight excluding hydrogens is 376 g/mol. The molecule has 6 heteroatoms. The molecule has 152 valence electrons. The molecule has 2 amide bonds. The van der Waals surface area contributed by atoms with Crippen LogP contribution in [0.3, 0.4) is 0 Å². The molecule has 1 aliphatic heterocycles. The molecule has 0 bridgehead atoms. The second-order valence-corrected chi connectivity index (χ2v) is 7.34. The molecule has 2 aromatic carbocycles. The summed E-state index contributed by atoms with van der Waals surface area (Å²) in [4.78, 5) is 34.2. The smallest absolute Gasteiger partial charge is 0.256 e. The standard InChI is InChI=1S/C24H24N4O2/c1-18-7-6-8-19(17-18)23(29)26-21-10-3-2-9-20(21)24(30)28-15-13-27(14-16-28)22-11-4-5-12-25-22/h2-12,17H,13-16H2,1H3,(H,26,29). The van der Waals surface area contributed by atoms with E-state index in [-0.39, 0.29) is 11.8 Å². The average molecular weight is 400 g/mol. The van der Waals surface area contributed by atoms with Crippen LogP contribution in [-0.2, 0) is 0 Å². The zero-order valence-electron chi connectivity index (χ0n) is 16.9. The summed E-state index contributed by atoms with van der Waals surface area (Å²) in [7, 11) is 0. The number of benzene rings is 2. The minimum absolute atomic E-state index is 0.0733. The number of rotatable bonds is 4. The van der Waals surface area contributed by atoms with E-state index >= 15 is 0 Å². The molecule has 0 aliphatic carbocycles. The summed E-state index contributed by atoms with van der Waals surface area (Å²) in [5.74, 6) is 0.630. The van der Waals surface area contributed by atoms with Gasteiger partial charge in [-0.2, -0.15) is 0 Å². The van der Waals surface area contributed by atoms with Crippen LogP contribution in [0.5, 0.6) is 0 Å². The van der Waals surface area contributed by atoms with E-state index in [4.69, 9.17) is 0 Å². The van der Waals surface area contributed by atoms with Crippen LogP contribution >= 0.6 is 0 Å². The lowest BCUT2D eigenvalue weighted by Crippen LogP contribution is -2.49. The fourth-order valence-corrected chi connectivity index (χ4v) is 3.61. The molecule has 0 saturated carbocycles. The van der Waals surface area contributed by atoms with Gasteiger partial charge < -0.3 is 15.1 Å². The third-order valence-electron chi connectivity index (χ3n) is 5.23. The van der Waals surface area contributed by atoms with E-state index in [1.54, 1.807) is 24.4 Å². The van der Waals surface area contributed by atoms with Gasteiger partial charge in [0.15, 0.2) is 0 Å². The van der Waals surface area contributed by atoms with Crippen molar-refractivity contribution in [3.05, 3.63) is 89.6 Å². The molecule has 1 aliphatic rings. The fraction of sp³-hybridized carbons (Fsp3) is 0.208. The van der Waals surface area contributed by atoms with Crippen LogP contribution in [-0.4, -0.2) is 47.9 Å². The number of para-hydroxylation sites is 1. The van der Waals surface area contributed by atoms with Gasteiger partial charge in [-0.25, -0.2) is 4.98 Å². The summed E-state index contributed by atoms with van der Waals surface area (Å²) >= 11 is 0. The lowest BCUT2D eigenvalue weighted by molar-refractivity contribution is 0.0747. The number of hydrogen-bond donors (Lipinski definition) is 1. The maximum absolute atomic E-state index is 13.2. The summed E-state index contributed by atoms with van der Waals surface area (Å²) < 4.78 is 0. The van der Waals surface area contributed by atoms with Crippen molar-refractivity contribution in [2.75, 3.05) is 36.4 Å². The van der Waals surface area contributed by atoms with Gasteiger partial charge in [-0.05, 0) is 43.3 Å². The third-order valence-corrected chi connectivity index (χ3v) is 5.23. The van der Waals surface area contributed by atoms with E-state index in [1.807, 2.05) is 60.4 Å². The van der Waals surface area contributed by atoms with Gasteiger partial charge in [0.1, 0.15) is 5.82 Å². The van der Waals surface area contributed by atoms with E-state index in [0.29, 0.717) is 29.9 Å². The zero-order chi connectivity index (χ0) is 20.9. The Morgan fingerprint density at radius 1 is 0.900 bits per heavy atom. The number of hydrogen-bond acceptors (Lipinski definition) is 4. The van der Waals surface area contributed by atoms with E-state index in [9.17, 15) is 9.59 Å². The minimum atomic E-state index is -0.223. The highest BCUT2D eigenvalue weighted by Gasteiger charge is 2.24. The van der Waals surface area contributed by atoms with E-state index in [2.05, 4.69) is 15.2 Å². The van der Waals surface area contributed by atoms with Gasteiger partial charge in [-0.1, -0.05) is 35.9 Å². The lowest BCUT2D eigenvalue weighted by Gasteiger charge is -2.35. The number of piperazine rings is 1. The van der Waals surface area contributed by atoms with Gasteiger partial charge in [0.2, 0.25) is 0 Å². The van der Waals surface area contributed by atoms with Crippen LogP contribution in [0.25, 0.3) is 0 Å². The Kier molecular flexibility index (Phi) is 5.75. The molecule has 30 heavy (non-hydrogen) atoms. The van der Waals surface area contributed by atoms with Gasteiger partial charge in [0.25, 0.3) is 11.8 Å². The predicted octanol–water partition coefficient (Wildman–Crippen LogP) is 3.60. The number of nitrogens with zero attached hydrogens (tertiary/aromatic N) is 3. The van der Waals surface area contributed by atoms with Crippen LogP contribution in [0.15, 0.2) is 72.9 Å². The van der Waals surface area contributed by atoms with Crippen LogP contribution in [0, 0.1) is 6.92 Å². The first kappa shape index (κ1) is 19.6. The molecule has 1 fully saturated rings. The van der Waals surface area contributed by atoms with Crippen LogP contribution in [0.2, 0.25) is 0 Å². The molecule has 0 unspecified atom stereocenters. The predicted molar refractivity (Wildman–Crippen MR) is 118 cm³/mol. The number of nitrogens with one attached hydrogen (secondary N) is 1. The quantitative estimate of drug-likeness (QED) is 0.727. The number of amides is 2. The summed E-state index contributed by atoms with van der Waals surface area (Å²) in [5.41, 5.74) is 2.62. The van der Waals surface area contributed by atoms with Crippen molar-refractivity contribution in [1.29, 1.82) is 0 Å². The summed E-state index contributed by atoms with van der Waals surface area (Å²) in [6.45, 7) is 4.60. The molecule has 1 N–H and O–H groups in total. The Bertz CT molecular complexity index is 1040. The molecule has 0 spiro atoms. The Morgan fingerprint density at radius 2 is 1.67 bits per heavy atom. The summed E-state index contributed by atoms with van der Waals surface area (Å²) in [5, 5.41) is 2.90. The van der Waals surface area contributed by atoms with Crippen molar-refractivity contribution in [3.8, 4) is 0 Å². The monoisotopic (exact) mass is 400 g/mol. The van der Waals surface area contributed by atoms with Crippen molar-refractivity contribution in [2.45, 2.75) is 6.92 Å². The number of pyridine rings is 1. The second-order valence-electron chi connectivity index (χ2n) is 7.34. The average Bonchev–Trinajstić information content (AvgIpc) is 2.80. The molecular formula is C24H24N4O2. The third kappa shape index (κ3) is 4.33. The van der Waals surface area contributed by atoms with Crippen molar-refractivity contribution in [1.82, 2.24) is 9.88 Å². The first-order chi connectivity index (χ1) is 14.6. The van der Waals surface area contributed by atoms with E-state index < -0.39 is 0 Å². The molecule has 4 rings (SSSR count). The second kappa shape index (κ2) is 8.78.